The van der Waals surface area contributed by atoms with Gasteiger partial charge in [-0.1, -0.05) is 23.7 Å². The molecule has 6 heteroatoms. The summed E-state index contributed by atoms with van der Waals surface area (Å²) < 4.78 is 26.3. The van der Waals surface area contributed by atoms with Crippen molar-refractivity contribution >= 4 is 23.1 Å². The Hall–Kier alpha value is -2.53. The zero-order chi connectivity index (χ0) is 17.6. The Bertz CT molecular complexity index is 912. The molecule has 0 spiro atoms. The average Bonchev–Trinajstić information content (AvgIpc) is 2.91. The predicted molar refractivity (Wildman–Crippen MR) is 92.1 cm³/mol. The summed E-state index contributed by atoms with van der Waals surface area (Å²) in [7, 11) is 0. The van der Waals surface area contributed by atoms with Crippen LogP contribution in [-0.4, -0.2) is 12.5 Å². The molecule has 2 aliphatic heterocycles. The van der Waals surface area contributed by atoms with E-state index in [0.717, 1.165) is 11.1 Å². The lowest BCUT2D eigenvalue weighted by Gasteiger charge is -2.24. The minimum Gasteiger partial charge on any atom is -0.444 e. The fourth-order valence-corrected chi connectivity index (χ4v) is 3.32. The number of hydrogen-bond acceptors (Lipinski definition) is 3. The van der Waals surface area contributed by atoms with Crippen molar-refractivity contribution in [2.24, 2.45) is 0 Å². The van der Waals surface area contributed by atoms with Crippen LogP contribution in [0.5, 0.6) is 11.5 Å². The van der Waals surface area contributed by atoms with E-state index >= 15 is 0 Å². The lowest BCUT2D eigenvalue weighted by atomic mass is 9.99. The highest BCUT2D eigenvalue weighted by Crippen LogP contribution is 2.48. The fraction of sp³-hybridized carbons (Fsp3) is 0.211. The van der Waals surface area contributed by atoms with Crippen molar-refractivity contribution in [2.45, 2.75) is 19.1 Å². The van der Waals surface area contributed by atoms with Crippen LogP contribution in [0, 0.1) is 5.82 Å². The zero-order valence-electron chi connectivity index (χ0n) is 13.4. The normalized spacial score (nSPS) is 21.7. The number of hydrogen-bond donors (Lipinski definition) is 1. The number of halogens is 2. The summed E-state index contributed by atoms with van der Waals surface area (Å²) in [4.78, 5) is 11.7. The van der Waals surface area contributed by atoms with Crippen LogP contribution in [0.2, 0.25) is 5.02 Å². The third kappa shape index (κ3) is 2.74. The van der Waals surface area contributed by atoms with Crippen molar-refractivity contribution in [3.8, 4) is 11.5 Å². The minimum absolute atomic E-state index is 0.135. The maximum Gasteiger partial charge on any atom is 0.278 e. The third-order valence-electron chi connectivity index (χ3n) is 4.35. The van der Waals surface area contributed by atoms with Crippen LogP contribution in [0.15, 0.2) is 42.5 Å². The largest absolute Gasteiger partial charge is 0.444 e. The lowest BCUT2D eigenvalue weighted by Crippen LogP contribution is -2.32. The maximum absolute atomic E-state index is 14.4. The van der Waals surface area contributed by atoms with Gasteiger partial charge in [-0.05, 0) is 36.3 Å². The lowest BCUT2D eigenvalue weighted by molar-refractivity contribution is -0.116. The Balaban J connectivity index is 1.76. The van der Waals surface area contributed by atoms with Gasteiger partial charge < -0.3 is 14.8 Å². The second-order valence-corrected chi connectivity index (χ2v) is 6.55. The molecule has 2 heterocycles. The van der Waals surface area contributed by atoms with Crippen molar-refractivity contribution in [3.05, 3.63) is 64.4 Å². The van der Waals surface area contributed by atoms with Gasteiger partial charge in [-0.3, -0.25) is 4.79 Å². The molecule has 1 atom stereocenters. The van der Waals surface area contributed by atoms with E-state index in [1.165, 1.54) is 6.07 Å². The number of para-hydroxylation sites is 1. The molecule has 0 saturated heterocycles. The highest BCUT2D eigenvalue weighted by atomic mass is 35.5. The number of nitrogens with one attached hydrogen (secondary N) is 1. The molecule has 25 heavy (non-hydrogen) atoms. The molecule has 1 unspecified atom stereocenters. The van der Waals surface area contributed by atoms with Gasteiger partial charge in [0.25, 0.3) is 5.79 Å². The molecule has 4 nitrogen and oxygen atoms in total. The second-order valence-electron chi connectivity index (χ2n) is 6.12. The first kappa shape index (κ1) is 16.0. The van der Waals surface area contributed by atoms with Crippen LogP contribution < -0.4 is 14.8 Å². The maximum atomic E-state index is 14.4. The summed E-state index contributed by atoms with van der Waals surface area (Å²) in [5, 5.41) is 3.06. The molecule has 1 amide bonds. The highest BCUT2D eigenvalue weighted by Gasteiger charge is 2.42. The second kappa shape index (κ2) is 5.77. The Morgan fingerprint density at radius 1 is 1.24 bits per heavy atom. The molecule has 0 fully saturated rings. The van der Waals surface area contributed by atoms with Gasteiger partial charge in [0.2, 0.25) is 5.91 Å². The quantitative estimate of drug-likeness (QED) is 0.880. The van der Waals surface area contributed by atoms with E-state index in [2.05, 4.69) is 5.32 Å². The van der Waals surface area contributed by atoms with Crippen molar-refractivity contribution < 1.29 is 18.7 Å². The van der Waals surface area contributed by atoms with E-state index in [0.29, 0.717) is 29.5 Å². The molecule has 0 saturated carbocycles. The Kier molecular flexibility index (Phi) is 3.69. The van der Waals surface area contributed by atoms with Crippen molar-refractivity contribution in [3.63, 3.8) is 0 Å². The van der Waals surface area contributed by atoms with E-state index in [1.807, 2.05) is 12.1 Å². The number of carbonyl (C=O) groups is 1. The first-order valence-corrected chi connectivity index (χ1v) is 8.29. The van der Waals surface area contributed by atoms with Gasteiger partial charge >= 0.3 is 0 Å². The molecule has 4 rings (SSSR count). The Morgan fingerprint density at radius 3 is 2.84 bits per heavy atom. The fourth-order valence-electron chi connectivity index (χ4n) is 3.16. The monoisotopic (exact) mass is 359 g/mol. The van der Waals surface area contributed by atoms with E-state index in [9.17, 15) is 9.18 Å². The molecule has 2 aliphatic rings. The zero-order valence-corrected chi connectivity index (χ0v) is 14.2. The number of amides is 1. The molecule has 0 radical (unpaired) electrons. The van der Waals surface area contributed by atoms with Gasteiger partial charge in [0, 0.05) is 30.1 Å². The van der Waals surface area contributed by atoms with Crippen LogP contribution in [-0.2, 0) is 10.6 Å². The van der Waals surface area contributed by atoms with Gasteiger partial charge in [0.1, 0.15) is 5.82 Å². The van der Waals surface area contributed by atoms with Crippen LogP contribution in [0.1, 0.15) is 24.5 Å². The van der Waals surface area contributed by atoms with E-state index in [1.54, 1.807) is 31.2 Å². The number of fused-ring (bicyclic) bond motifs is 1. The van der Waals surface area contributed by atoms with Gasteiger partial charge in [0.05, 0.1) is 5.56 Å². The van der Waals surface area contributed by atoms with Crippen LogP contribution in [0.25, 0.3) is 5.57 Å². The summed E-state index contributed by atoms with van der Waals surface area (Å²) in [5.41, 5.74) is 1.91. The van der Waals surface area contributed by atoms with E-state index in [4.69, 9.17) is 21.1 Å². The van der Waals surface area contributed by atoms with Crippen LogP contribution in [0.3, 0.4) is 0 Å². The molecule has 128 valence electrons. The van der Waals surface area contributed by atoms with E-state index < -0.39 is 11.6 Å². The van der Waals surface area contributed by atoms with Crippen molar-refractivity contribution in [1.29, 1.82) is 0 Å². The van der Waals surface area contributed by atoms with Crippen LogP contribution in [0.4, 0.5) is 4.39 Å². The summed E-state index contributed by atoms with van der Waals surface area (Å²) in [5.74, 6) is -0.906. The first-order chi connectivity index (χ1) is 12.0. The molecule has 1 N–H and O–H groups in total. The summed E-state index contributed by atoms with van der Waals surface area (Å²) in [6, 6.07) is 9.84. The average molecular weight is 360 g/mol. The third-order valence-corrected chi connectivity index (χ3v) is 4.58. The highest BCUT2D eigenvalue weighted by molar-refractivity contribution is 6.30. The molecular formula is C19H15ClFNO3. The van der Waals surface area contributed by atoms with Crippen LogP contribution >= 0.6 is 11.6 Å². The predicted octanol–water partition coefficient (Wildman–Crippen LogP) is 4.03. The number of carbonyl (C=O) groups excluding carboxylic acids is 1. The molecule has 2 aromatic rings. The molecule has 0 aromatic heterocycles. The number of ether oxygens (including phenoxy) is 2. The Labute approximate surface area is 149 Å². The Morgan fingerprint density at radius 2 is 2.08 bits per heavy atom. The molecule has 0 bridgehead atoms. The van der Waals surface area contributed by atoms with Crippen molar-refractivity contribution in [1.82, 2.24) is 5.32 Å². The number of rotatable bonds is 2. The number of benzene rings is 2. The first-order valence-electron chi connectivity index (χ1n) is 7.92. The molecular weight excluding hydrogens is 345 g/mol. The SMILES string of the molecule is CC1(c2ccc(Cl)cc2F)Oc2cccc(C3=CC(=O)NCC3)c2O1. The van der Waals surface area contributed by atoms with Gasteiger partial charge in [-0.15, -0.1) is 0 Å². The molecule has 0 aliphatic carbocycles. The van der Waals surface area contributed by atoms with Gasteiger partial charge in [-0.25, -0.2) is 4.39 Å². The summed E-state index contributed by atoms with van der Waals surface area (Å²) in [6.07, 6.45) is 2.25. The standard InChI is InChI=1S/C19H15ClFNO3/c1-19(14-6-5-12(20)10-15(14)21)24-16-4-2-3-13(18(16)25-19)11-7-8-22-17(23)9-11/h2-6,9-10H,7-8H2,1H3,(H,22,23). The summed E-state index contributed by atoms with van der Waals surface area (Å²) >= 11 is 5.83. The van der Waals surface area contributed by atoms with E-state index in [-0.39, 0.29) is 11.5 Å². The van der Waals surface area contributed by atoms with Crippen molar-refractivity contribution in [2.75, 3.05) is 6.54 Å². The van der Waals surface area contributed by atoms with Gasteiger partial charge in [0.15, 0.2) is 11.5 Å². The smallest absolute Gasteiger partial charge is 0.278 e. The molecule has 2 aromatic carbocycles. The topological polar surface area (TPSA) is 47.6 Å². The van der Waals surface area contributed by atoms with Gasteiger partial charge in [-0.2, -0.15) is 0 Å². The minimum atomic E-state index is -1.30. The summed E-state index contributed by atoms with van der Waals surface area (Å²) in [6.45, 7) is 2.23.